The average molecular weight is 646 g/mol. The molecule has 14 heteroatoms. The van der Waals surface area contributed by atoms with E-state index in [1.54, 1.807) is 0 Å². The number of halogens is 4. The Bertz CT molecular complexity index is 1400. The number of ether oxygens (including phenoxy) is 1. The van der Waals surface area contributed by atoms with Gasteiger partial charge in [-0.2, -0.15) is 21.6 Å². The van der Waals surface area contributed by atoms with E-state index in [0.29, 0.717) is 30.0 Å². The summed E-state index contributed by atoms with van der Waals surface area (Å²) in [5, 5.41) is 2.88. The van der Waals surface area contributed by atoms with Crippen LogP contribution in [0.25, 0.3) is 0 Å². The first-order valence-electron chi connectivity index (χ1n) is 15.2. The number of oxazole rings is 1. The minimum atomic E-state index is -5.82. The van der Waals surface area contributed by atoms with Gasteiger partial charge in [0.15, 0.2) is 5.69 Å². The van der Waals surface area contributed by atoms with Gasteiger partial charge < -0.3 is 14.5 Å². The van der Waals surface area contributed by atoms with Gasteiger partial charge in [0.2, 0.25) is 11.8 Å². The number of alkyl halides is 3. The number of unbranched alkanes of at least 4 members (excludes halogenated alkanes) is 6. The quantitative estimate of drug-likeness (QED) is 0.177. The minimum absolute atomic E-state index is 0.108. The van der Waals surface area contributed by atoms with Crippen LogP contribution in [0, 0.1) is 11.7 Å². The van der Waals surface area contributed by atoms with Crippen LogP contribution < -0.4 is 10.0 Å². The number of fused-ring (bicyclic) bond motifs is 2. The predicted octanol–water partition coefficient (Wildman–Crippen LogP) is 5.70. The van der Waals surface area contributed by atoms with Crippen LogP contribution in [0.2, 0.25) is 0 Å². The summed E-state index contributed by atoms with van der Waals surface area (Å²) in [6, 6.07) is 3.89. The zero-order chi connectivity index (χ0) is 31.9. The third-order valence-electron chi connectivity index (χ3n) is 8.33. The summed E-state index contributed by atoms with van der Waals surface area (Å²) in [6.07, 6.45) is 10.0. The Morgan fingerprint density at radius 2 is 1.73 bits per heavy atom. The smallest absolute Gasteiger partial charge is 0.448 e. The van der Waals surface area contributed by atoms with Crippen molar-refractivity contribution in [1.82, 2.24) is 15.0 Å². The molecule has 0 radical (unpaired) electrons. The van der Waals surface area contributed by atoms with E-state index in [9.17, 15) is 35.6 Å². The number of nitrogens with zero attached hydrogens (tertiary/aromatic N) is 1. The van der Waals surface area contributed by atoms with Crippen LogP contribution in [0.1, 0.15) is 105 Å². The Hall–Kier alpha value is -3.00. The largest absolute Gasteiger partial charge is 0.516 e. The molecule has 0 saturated carbocycles. The van der Waals surface area contributed by atoms with E-state index in [4.69, 9.17) is 9.15 Å². The van der Waals surface area contributed by atoms with Gasteiger partial charge in [-0.25, -0.2) is 14.1 Å². The monoisotopic (exact) mass is 645 g/mol. The maximum atomic E-state index is 14.3. The Kier molecular flexibility index (Phi) is 11.4. The molecule has 2 amide bonds. The van der Waals surface area contributed by atoms with Gasteiger partial charge in [0.05, 0.1) is 18.1 Å². The summed E-state index contributed by atoms with van der Waals surface area (Å²) >= 11 is 0. The highest BCUT2D eigenvalue weighted by Crippen LogP contribution is 2.50. The lowest BCUT2D eigenvalue weighted by molar-refractivity contribution is -0.120. The lowest BCUT2D eigenvalue weighted by Gasteiger charge is -2.26. The van der Waals surface area contributed by atoms with E-state index in [0.717, 1.165) is 36.8 Å². The number of nitrogens with one attached hydrogen (secondary N) is 2. The van der Waals surface area contributed by atoms with Gasteiger partial charge in [0.1, 0.15) is 12.1 Å². The molecule has 4 rings (SSSR count). The number of carbonyl (C=O) groups is 2. The molecular formula is C30H39F4N3O6S. The molecule has 2 aromatic rings. The average Bonchev–Trinajstić information content (AvgIpc) is 3.70. The normalized spacial score (nSPS) is 21.5. The van der Waals surface area contributed by atoms with Crippen molar-refractivity contribution in [3.63, 3.8) is 0 Å². The lowest BCUT2D eigenvalue weighted by atomic mass is 9.75. The SMILES string of the molecule is CCCCCCCCCNC(=O)c1coc(C2C3CCC(O3)C2Cc2cc(F)ccc2CCC(=O)NS(=O)(=O)C(F)(F)F)n1. The molecule has 3 heterocycles. The molecule has 2 aliphatic rings. The molecule has 4 unspecified atom stereocenters. The first-order valence-corrected chi connectivity index (χ1v) is 16.7. The number of aryl methyl sites for hydroxylation is 1. The van der Waals surface area contributed by atoms with Crippen molar-refractivity contribution in [2.24, 2.45) is 5.92 Å². The van der Waals surface area contributed by atoms with Gasteiger partial charge in [-0.1, -0.05) is 51.5 Å². The zero-order valence-electron chi connectivity index (χ0n) is 24.6. The van der Waals surface area contributed by atoms with Crippen LogP contribution >= 0.6 is 0 Å². The second-order valence-corrected chi connectivity index (χ2v) is 13.2. The maximum absolute atomic E-state index is 14.3. The van der Waals surface area contributed by atoms with E-state index in [2.05, 4.69) is 17.2 Å². The second kappa shape index (κ2) is 14.9. The van der Waals surface area contributed by atoms with E-state index < -0.39 is 33.7 Å². The summed E-state index contributed by atoms with van der Waals surface area (Å²) in [7, 11) is -5.82. The number of rotatable bonds is 16. The fourth-order valence-electron chi connectivity index (χ4n) is 6.08. The number of aromatic nitrogens is 1. The van der Waals surface area contributed by atoms with Crippen LogP contribution in [0.5, 0.6) is 0 Å². The molecule has 244 valence electrons. The molecule has 9 nitrogen and oxygen atoms in total. The van der Waals surface area contributed by atoms with Crippen molar-refractivity contribution >= 4 is 21.8 Å². The molecule has 2 fully saturated rings. The molecule has 2 bridgehead atoms. The Balaban J connectivity index is 1.38. The van der Waals surface area contributed by atoms with E-state index in [-0.39, 0.29) is 42.1 Å². The molecular weight excluding hydrogens is 606 g/mol. The fourth-order valence-corrected chi connectivity index (χ4v) is 6.60. The van der Waals surface area contributed by atoms with Gasteiger partial charge in [0, 0.05) is 18.9 Å². The number of hydrogen-bond acceptors (Lipinski definition) is 7. The Labute approximate surface area is 254 Å². The van der Waals surface area contributed by atoms with Gasteiger partial charge in [-0.3, -0.25) is 9.59 Å². The molecule has 0 aliphatic carbocycles. The molecule has 4 atom stereocenters. The van der Waals surface area contributed by atoms with Crippen LogP contribution in [0.4, 0.5) is 17.6 Å². The molecule has 1 aromatic carbocycles. The van der Waals surface area contributed by atoms with E-state index in [1.165, 1.54) is 50.1 Å². The lowest BCUT2D eigenvalue weighted by Crippen LogP contribution is -2.40. The summed E-state index contributed by atoms with van der Waals surface area (Å²) in [6.45, 7) is 2.71. The number of sulfonamides is 1. The third kappa shape index (κ3) is 8.58. The van der Waals surface area contributed by atoms with Crippen molar-refractivity contribution in [1.29, 1.82) is 0 Å². The van der Waals surface area contributed by atoms with E-state index in [1.807, 2.05) is 0 Å². The van der Waals surface area contributed by atoms with Crippen LogP contribution in [0.3, 0.4) is 0 Å². The van der Waals surface area contributed by atoms with Crippen molar-refractivity contribution in [3.05, 3.63) is 53.0 Å². The van der Waals surface area contributed by atoms with Gasteiger partial charge in [0.25, 0.3) is 5.91 Å². The molecule has 1 aromatic heterocycles. The number of carbonyl (C=O) groups excluding carboxylic acids is 2. The molecule has 2 saturated heterocycles. The third-order valence-corrected chi connectivity index (χ3v) is 9.43. The Morgan fingerprint density at radius 1 is 1.02 bits per heavy atom. The number of hydrogen-bond donors (Lipinski definition) is 2. The summed E-state index contributed by atoms with van der Waals surface area (Å²) in [5.74, 6) is -2.35. The summed E-state index contributed by atoms with van der Waals surface area (Å²) in [4.78, 5) is 29.2. The van der Waals surface area contributed by atoms with Crippen LogP contribution in [-0.2, 0) is 32.4 Å². The second-order valence-electron chi connectivity index (χ2n) is 11.5. The molecule has 2 N–H and O–H groups in total. The molecule has 2 aliphatic heterocycles. The number of amides is 2. The van der Waals surface area contributed by atoms with Crippen molar-refractivity contribution in [2.75, 3.05) is 6.54 Å². The standard InChI is InChI=1S/C30H39F4N3O6S/c1-2-3-4-5-6-7-8-15-35-28(39)23-18-42-29(36-23)27-22(24-12-13-25(27)43-24)17-20-16-21(31)11-9-19(20)10-14-26(38)37-44(40,41)30(32,33)34/h9,11,16,18,22,24-25,27H,2-8,10,12-15,17H2,1H3,(H,35,39)(H,37,38). The first-order chi connectivity index (χ1) is 20.9. The van der Waals surface area contributed by atoms with Crippen LogP contribution in [-0.4, -0.2) is 49.5 Å². The van der Waals surface area contributed by atoms with Crippen molar-refractivity contribution in [3.8, 4) is 0 Å². The first kappa shape index (κ1) is 33.9. The Morgan fingerprint density at radius 3 is 2.45 bits per heavy atom. The predicted molar refractivity (Wildman–Crippen MR) is 152 cm³/mol. The molecule has 44 heavy (non-hydrogen) atoms. The molecule has 0 spiro atoms. The number of benzene rings is 1. The van der Waals surface area contributed by atoms with Gasteiger partial charge >= 0.3 is 15.5 Å². The van der Waals surface area contributed by atoms with Crippen molar-refractivity contribution < 1.29 is 44.7 Å². The minimum Gasteiger partial charge on any atom is -0.448 e. The topological polar surface area (TPSA) is 128 Å². The summed E-state index contributed by atoms with van der Waals surface area (Å²) in [5.41, 5.74) is -4.45. The van der Waals surface area contributed by atoms with Crippen LogP contribution in [0.15, 0.2) is 28.9 Å². The van der Waals surface area contributed by atoms with Gasteiger partial charge in [-0.15, -0.1) is 0 Å². The highest BCUT2D eigenvalue weighted by atomic mass is 32.2. The zero-order valence-corrected chi connectivity index (χ0v) is 25.4. The van der Waals surface area contributed by atoms with Crippen molar-refractivity contribution in [2.45, 2.75) is 108 Å². The highest BCUT2D eigenvalue weighted by molar-refractivity contribution is 7.90. The summed E-state index contributed by atoms with van der Waals surface area (Å²) < 4.78 is 87.6. The van der Waals surface area contributed by atoms with E-state index >= 15 is 0 Å². The maximum Gasteiger partial charge on any atom is 0.516 e. The van der Waals surface area contributed by atoms with Gasteiger partial charge in [-0.05, 0) is 55.4 Å². The fraction of sp³-hybridized carbons (Fsp3) is 0.633. The highest BCUT2D eigenvalue weighted by Gasteiger charge is 2.52.